The number of rotatable bonds is 7. The van der Waals surface area contributed by atoms with Gasteiger partial charge in [0.1, 0.15) is 6.04 Å². The van der Waals surface area contributed by atoms with Gasteiger partial charge in [0, 0.05) is 22.8 Å². The van der Waals surface area contributed by atoms with Crippen molar-refractivity contribution in [2.45, 2.75) is 19.1 Å². The van der Waals surface area contributed by atoms with Crippen molar-refractivity contribution in [2.75, 3.05) is 32.0 Å². The number of nitrogens with one attached hydrogen (secondary N) is 2. The van der Waals surface area contributed by atoms with E-state index in [1.807, 2.05) is 0 Å². The number of ether oxygens (including phenoxy) is 3. The first-order valence-electron chi connectivity index (χ1n) is 8.34. The van der Waals surface area contributed by atoms with Gasteiger partial charge in [-0.2, -0.15) is 13.2 Å². The monoisotopic (exact) mass is 432 g/mol. The van der Waals surface area contributed by atoms with Gasteiger partial charge in [-0.05, 0) is 25.1 Å². The molecule has 0 fully saturated rings. The Morgan fingerprint density at radius 2 is 1.62 bits per heavy atom. The largest absolute Gasteiger partial charge is 0.493 e. The Morgan fingerprint density at radius 1 is 1.03 bits per heavy atom. The van der Waals surface area contributed by atoms with Crippen LogP contribution in [-0.4, -0.2) is 33.3 Å². The third-order valence-corrected chi connectivity index (χ3v) is 4.22. The summed E-state index contributed by atoms with van der Waals surface area (Å²) in [6.07, 6.45) is -4.67. The molecule has 1 atom stereocenters. The van der Waals surface area contributed by atoms with E-state index in [9.17, 15) is 18.0 Å². The van der Waals surface area contributed by atoms with E-state index < -0.39 is 23.7 Å². The zero-order valence-corrected chi connectivity index (χ0v) is 16.9. The summed E-state index contributed by atoms with van der Waals surface area (Å²) in [5, 5.41) is 5.09. The minimum absolute atomic E-state index is 0.0843. The summed E-state index contributed by atoms with van der Waals surface area (Å²) in [5.74, 6) is 0.415. The molecule has 0 aliphatic carbocycles. The van der Waals surface area contributed by atoms with Crippen LogP contribution in [0.25, 0.3) is 0 Å². The molecule has 0 saturated carbocycles. The van der Waals surface area contributed by atoms with Gasteiger partial charge >= 0.3 is 6.18 Å². The topological polar surface area (TPSA) is 68.8 Å². The number of amides is 1. The molecule has 2 aromatic rings. The van der Waals surface area contributed by atoms with Gasteiger partial charge in [-0.3, -0.25) is 4.79 Å². The molecule has 0 heterocycles. The molecular weight excluding hydrogens is 413 g/mol. The second-order valence-corrected chi connectivity index (χ2v) is 6.39. The van der Waals surface area contributed by atoms with Crippen LogP contribution in [0.2, 0.25) is 5.02 Å². The summed E-state index contributed by atoms with van der Waals surface area (Å²) in [5.41, 5.74) is -0.960. The van der Waals surface area contributed by atoms with Gasteiger partial charge in [0.05, 0.1) is 32.6 Å². The molecule has 2 rings (SSSR count). The maximum absolute atomic E-state index is 13.2. The van der Waals surface area contributed by atoms with Gasteiger partial charge in [0.15, 0.2) is 11.5 Å². The fraction of sp³-hybridized carbons (Fsp3) is 0.316. The van der Waals surface area contributed by atoms with E-state index in [1.165, 1.54) is 34.3 Å². The summed E-state index contributed by atoms with van der Waals surface area (Å²) >= 11 is 5.65. The Bertz CT molecular complexity index is 865. The van der Waals surface area contributed by atoms with Gasteiger partial charge in [-0.15, -0.1) is 0 Å². The van der Waals surface area contributed by atoms with Crippen LogP contribution in [0.15, 0.2) is 30.3 Å². The maximum atomic E-state index is 13.2. The molecule has 0 saturated heterocycles. The second kappa shape index (κ2) is 9.13. The number of halogens is 4. The van der Waals surface area contributed by atoms with Crippen molar-refractivity contribution in [1.82, 2.24) is 0 Å². The van der Waals surface area contributed by atoms with Crippen LogP contribution < -0.4 is 24.8 Å². The molecular formula is C19H20ClF3N2O4. The van der Waals surface area contributed by atoms with Crippen molar-refractivity contribution >= 4 is 28.9 Å². The standard InChI is InChI=1S/C19H20ClF3N2O4/c1-10(24-12-8-15(27-2)17(29-4)16(9-12)28-3)18(26)25-14-6-5-11(20)7-13(14)19(21,22)23/h5-10,24H,1-4H3,(H,25,26). The van der Waals surface area contributed by atoms with Gasteiger partial charge < -0.3 is 24.8 Å². The SMILES string of the molecule is COc1cc(NC(C)C(=O)Nc2ccc(Cl)cc2C(F)(F)F)cc(OC)c1OC. The van der Waals surface area contributed by atoms with Crippen molar-refractivity contribution in [3.63, 3.8) is 0 Å². The van der Waals surface area contributed by atoms with Crippen LogP contribution in [0, 0.1) is 0 Å². The summed E-state index contributed by atoms with van der Waals surface area (Å²) in [6.45, 7) is 1.50. The predicted octanol–water partition coefficient (Wildman–Crippen LogP) is 4.82. The molecule has 1 unspecified atom stereocenters. The first kappa shape index (κ1) is 22.5. The van der Waals surface area contributed by atoms with E-state index in [1.54, 1.807) is 12.1 Å². The lowest BCUT2D eigenvalue weighted by Crippen LogP contribution is -2.32. The van der Waals surface area contributed by atoms with Gasteiger partial charge in [-0.1, -0.05) is 11.6 Å². The first-order chi connectivity index (χ1) is 13.6. The Hall–Kier alpha value is -2.81. The Kier molecular flexibility index (Phi) is 7.07. The van der Waals surface area contributed by atoms with Crippen molar-refractivity contribution < 1.29 is 32.2 Å². The van der Waals surface area contributed by atoms with E-state index >= 15 is 0 Å². The molecule has 158 valence electrons. The average Bonchev–Trinajstić information content (AvgIpc) is 2.67. The molecule has 0 spiro atoms. The van der Waals surface area contributed by atoms with Crippen LogP contribution in [0.3, 0.4) is 0 Å². The summed E-state index contributed by atoms with van der Waals surface area (Å²) < 4.78 is 55.3. The lowest BCUT2D eigenvalue weighted by Gasteiger charge is -2.20. The molecule has 0 aliphatic heterocycles. The van der Waals surface area contributed by atoms with E-state index in [-0.39, 0.29) is 10.7 Å². The predicted molar refractivity (Wildman–Crippen MR) is 104 cm³/mol. The normalized spacial score (nSPS) is 12.1. The number of carbonyl (C=O) groups is 1. The highest BCUT2D eigenvalue weighted by Gasteiger charge is 2.34. The number of hydrogen-bond donors (Lipinski definition) is 2. The lowest BCUT2D eigenvalue weighted by atomic mass is 10.1. The summed E-state index contributed by atoms with van der Waals surface area (Å²) in [4.78, 5) is 12.5. The first-order valence-corrected chi connectivity index (χ1v) is 8.72. The molecule has 0 radical (unpaired) electrons. The van der Waals surface area contributed by atoms with E-state index in [0.717, 1.165) is 12.1 Å². The molecule has 2 aromatic carbocycles. The molecule has 6 nitrogen and oxygen atoms in total. The minimum Gasteiger partial charge on any atom is -0.493 e. The van der Waals surface area contributed by atoms with Crippen molar-refractivity contribution in [3.05, 3.63) is 40.9 Å². The Balaban J connectivity index is 2.23. The lowest BCUT2D eigenvalue weighted by molar-refractivity contribution is -0.137. The van der Waals surface area contributed by atoms with Crippen LogP contribution in [-0.2, 0) is 11.0 Å². The quantitative estimate of drug-likeness (QED) is 0.656. The number of alkyl halides is 3. The smallest absolute Gasteiger partial charge is 0.418 e. The van der Waals surface area contributed by atoms with Crippen LogP contribution in [0.1, 0.15) is 12.5 Å². The molecule has 0 aliphatic rings. The van der Waals surface area contributed by atoms with E-state index in [4.69, 9.17) is 25.8 Å². The zero-order chi connectivity index (χ0) is 21.8. The zero-order valence-electron chi connectivity index (χ0n) is 16.1. The highest BCUT2D eigenvalue weighted by Crippen LogP contribution is 2.40. The third-order valence-electron chi connectivity index (χ3n) is 3.99. The molecule has 0 bridgehead atoms. The van der Waals surface area contributed by atoms with E-state index in [0.29, 0.717) is 22.9 Å². The highest BCUT2D eigenvalue weighted by atomic mass is 35.5. The minimum atomic E-state index is -4.67. The average molecular weight is 433 g/mol. The van der Waals surface area contributed by atoms with Gasteiger partial charge in [0.25, 0.3) is 0 Å². The molecule has 10 heteroatoms. The third kappa shape index (κ3) is 5.38. The molecule has 2 N–H and O–H groups in total. The number of carbonyl (C=O) groups excluding carboxylic acids is 1. The van der Waals surface area contributed by atoms with Crippen LogP contribution in [0.5, 0.6) is 17.2 Å². The summed E-state index contributed by atoms with van der Waals surface area (Å²) in [7, 11) is 4.33. The van der Waals surface area contributed by atoms with Gasteiger partial charge in [-0.25, -0.2) is 0 Å². The number of hydrogen-bond acceptors (Lipinski definition) is 5. The number of anilines is 2. The second-order valence-electron chi connectivity index (χ2n) is 5.96. The molecule has 1 amide bonds. The van der Waals surface area contributed by atoms with Crippen molar-refractivity contribution in [3.8, 4) is 17.2 Å². The fourth-order valence-corrected chi connectivity index (χ4v) is 2.75. The summed E-state index contributed by atoms with van der Waals surface area (Å²) in [6, 6.07) is 5.41. The molecule has 29 heavy (non-hydrogen) atoms. The number of methoxy groups -OCH3 is 3. The van der Waals surface area contributed by atoms with Gasteiger partial charge in [0.2, 0.25) is 11.7 Å². The fourth-order valence-electron chi connectivity index (χ4n) is 2.58. The van der Waals surface area contributed by atoms with Crippen molar-refractivity contribution in [1.29, 1.82) is 0 Å². The highest BCUT2D eigenvalue weighted by molar-refractivity contribution is 6.30. The van der Waals surface area contributed by atoms with Crippen LogP contribution >= 0.6 is 11.6 Å². The van der Waals surface area contributed by atoms with E-state index in [2.05, 4.69) is 10.6 Å². The Morgan fingerprint density at radius 3 is 2.10 bits per heavy atom. The van der Waals surface area contributed by atoms with Crippen LogP contribution in [0.4, 0.5) is 24.5 Å². The Labute approximate surface area is 170 Å². The van der Waals surface area contributed by atoms with Crippen molar-refractivity contribution in [2.24, 2.45) is 0 Å². The molecule has 0 aromatic heterocycles. The maximum Gasteiger partial charge on any atom is 0.418 e. The number of benzene rings is 2.